The van der Waals surface area contributed by atoms with Gasteiger partial charge in [-0.1, -0.05) is 12.8 Å². The lowest BCUT2D eigenvalue weighted by molar-refractivity contribution is -0.117. The van der Waals surface area contributed by atoms with Crippen LogP contribution in [0.3, 0.4) is 0 Å². The molecule has 0 aromatic rings. The van der Waals surface area contributed by atoms with Crippen LogP contribution in [-0.2, 0) is 4.79 Å². The predicted octanol–water partition coefficient (Wildman–Crippen LogP) is 3.01. The van der Waals surface area contributed by atoms with Gasteiger partial charge < -0.3 is 9.69 Å². The summed E-state index contributed by atoms with van der Waals surface area (Å²) in [6, 6.07) is 0.856. The van der Waals surface area contributed by atoms with E-state index in [0.29, 0.717) is 5.78 Å². The monoisotopic (exact) mass is 223 g/mol. The second-order valence-electron chi connectivity index (χ2n) is 5.60. The minimum Gasteiger partial charge on any atom is -0.300 e. The Morgan fingerprint density at radius 1 is 1.19 bits per heavy atom. The Bertz CT molecular complexity index is 233. The van der Waals surface area contributed by atoms with Gasteiger partial charge in [0.2, 0.25) is 0 Å². The number of hydrogen-bond acceptors (Lipinski definition) is 2. The van der Waals surface area contributed by atoms with Gasteiger partial charge in [0.25, 0.3) is 0 Å². The molecule has 0 amide bonds. The third kappa shape index (κ3) is 3.07. The Hall–Kier alpha value is -0.370. The molecule has 0 bridgehead atoms. The van der Waals surface area contributed by atoms with E-state index in [1.54, 1.807) is 6.92 Å². The van der Waals surface area contributed by atoms with E-state index in [4.69, 9.17) is 0 Å². The molecule has 1 unspecified atom stereocenters. The number of likely N-dealkylation sites (tertiary alicyclic amines) is 1. The second-order valence-corrected chi connectivity index (χ2v) is 5.60. The van der Waals surface area contributed by atoms with Crippen LogP contribution in [0.1, 0.15) is 58.3 Å². The molecular weight excluding hydrogens is 198 g/mol. The van der Waals surface area contributed by atoms with Crippen LogP contribution in [0.5, 0.6) is 0 Å². The van der Waals surface area contributed by atoms with Crippen LogP contribution in [0.15, 0.2) is 0 Å². The van der Waals surface area contributed by atoms with Crippen molar-refractivity contribution in [3.63, 3.8) is 0 Å². The number of hydrogen-bond donors (Lipinski definition) is 0. The fraction of sp³-hybridized carbons (Fsp3) is 0.929. The molecule has 0 spiro atoms. The van der Waals surface area contributed by atoms with Crippen LogP contribution in [0.4, 0.5) is 0 Å². The molecule has 0 aromatic carbocycles. The highest BCUT2D eigenvalue weighted by atomic mass is 16.1. The first-order valence-electron chi connectivity index (χ1n) is 7.01. The van der Waals surface area contributed by atoms with Crippen LogP contribution in [-0.4, -0.2) is 29.8 Å². The van der Waals surface area contributed by atoms with Gasteiger partial charge in [0, 0.05) is 12.5 Å². The number of carbonyl (C=O) groups is 1. The highest BCUT2D eigenvalue weighted by molar-refractivity contribution is 5.75. The molecule has 16 heavy (non-hydrogen) atoms. The molecule has 1 atom stereocenters. The summed E-state index contributed by atoms with van der Waals surface area (Å²) in [6.45, 7) is 4.14. The molecule has 0 radical (unpaired) electrons. The lowest BCUT2D eigenvalue weighted by Crippen LogP contribution is -2.35. The summed E-state index contributed by atoms with van der Waals surface area (Å²) in [5.74, 6) is 1.32. The minimum atomic E-state index is 0.344. The van der Waals surface area contributed by atoms with Crippen molar-refractivity contribution in [1.29, 1.82) is 0 Å². The number of Topliss-reactive ketones (excluding diaryl/α,β-unsaturated/α-hetero) is 1. The van der Waals surface area contributed by atoms with Gasteiger partial charge >= 0.3 is 0 Å². The third-order valence-corrected chi connectivity index (χ3v) is 4.33. The summed E-state index contributed by atoms with van der Waals surface area (Å²) in [6.07, 6.45) is 10.4. The third-order valence-electron chi connectivity index (χ3n) is 4.33. The molecule has 1 aliphatic heterocycles. The van der Waals surface area contributed by atoms with E-state index in [9.17, 15) is 4.79 Å². The lowest BCUT2D eigenvalue weighted by Gasteiger charge is -2.29. The smallest absolute Gasteiger partial charge is 0.129 e. The summed E-state index contributed by atoms with van der Waals surface area (Å²) in [4.78, 5) is 13.6. The van der Waals surface area contributed by atoms with Crippen molar-refractivity contribution in [3.05, 3.63) is 0 Å². The Morgan fingerprint density at radius 2 is 1.94 bits per heavy atom. The molecular formula is C14H25NO. The summed E-state index contributed by atoms with van der Waals surface area (Å²) in [7, 11) is 0. The quantitative estimate of drug-likeness (QED) is 0.714. The van der Waals surface area contributed by atoms with Gasteiger partial charge in [-0.25, -0.2) is 0 Å². The van der Waals surface area contributed by atoms with Crippen molar-refractivity contribution in [2.45, 2.75) is 64.3 Å². The SMILES string of the molecule is CC(=O)CCCN1CCCC1C1CCCC1. The number of carbonyl (C=O) groups excluding carboxylic acids is 1. The maximum absolute atomic E-state index is 10.9. The highest BCUT2D eigenvalue weighted by Crippen LogP contribution is 2.35. The Kier molecular flexibility index (Phi) is 4.39. The maximum atomic E-state index is 10.9. The van der Waals surface area contributed by atoms with Gasteiger partial charge in [-0.15, -0.1) is 0 Å². The van der Waals surface area contributed by atoms with E-state index in [2.05, 4.69) is 4.90 Å². The minimum absolute atomic E-state index is 0.344. The topological polar surface area (TPSA) is 20.3 Å². The van der Waals surface area contributed by atoms with Gasteiger partial charge in [-0.2, -0.15) is 0 Å². The van der Waals surface area contributed by atoms with Gasteiger partial charge in [0.1, 0.15) is 5.78 Å². The Morgan fingerprint density at radius 3 is 2.62 bits per heavy atom. The van der Waals surface area contributed by atoms with Gasteiger partial charge in [-0.05, 0) is 58.0 Å². The maximum Gasteiger partial charge on any atom is 0.129 e. The Balaban J connectivity index is 1.76. The molecule has 92 valence electrons. The molecule has 1 heterocycles. The summed E-state index contributed by atoms with van der Waals surface area (Å²) in [5.41, 5.74) is 0. The van der Waals surface area contributed by atoms with E-state index >= 15 is 0 Å². The number of rotatable bonds is 5. The molecule has 1 saturated heterocycles. The van der Waals surface area contributed by atoms with E-state index in [1.807, 2.05) is 0 Å². The van der Waals surface area contributed by atoms with E-state index in [0.717, 1.165) is 31.3 Å². The zero-order valence-corrected chi connectivity index (χ0v) is 10.6. The first-order valence-corrected chi connectivity index (χ1v) is 7.01. The van der Waals surface area contributed by atoms with Crippen molar-refractivity contribution in [2.75, 3.05) is 13.1 Å². The second kappa shape index (κ2) is 5.81. The van der Waals surface area contributed by atoms with Gasteiger partial charge in [-0.3, -0.25) is 0 Å². The molecule has 0 N–H and O–H groups in total. The average molecular weight is 223 g/mol. The number of nitrogens with zero attached hydrogens (tertiary/aromatic N) is 1. The van der Waals surface area contributed by atoms with Crippen molar-refractivity contribution in [2.24, 2.45) is 5.92 Å². The van der Waals surface area contributed by atoms with Crippen molar-refractivity contribution in [3.8, 4) is 0 Å². The predicted molar refractivity (Wildman–Crippen MR) is 66.5 cm³/mol. The molecule has 2 aliphatic rings. The molecule has 2 nitrogen and oxygen atoms in total. The van der Waals surface area contributed by atoms with Crippen molar-refractivity contribution >= 4 is 5.78 Å². The molecule has 2 rings (SSSR count). The van der Waals surface area contributed by atoms with Crippen LogP contribution in [0.2, 0.25) is 0 Å². The van der Waals surface area contributed by atoms with E-state index in [-0.39, 0.29) is 0 Å². The van der Waals surface area contributed by atoms with E-state index < -0.39 is 0 Å². The molecule has 2 fully saturated rings. The van der Waals surface area contributed by atoms with Gasteiger partial charge in [0.05, 0.1) is 0 Å². The zero-order valence-electron chi connectivity index (χ0n) is 10.6. The molecule has 2 heteroatoms. The number of ketones is 1. The lowest BCUT2D eigenvalue weighted by atomic mass is 9.96. The van der Waals surface area contributed by atoms with E-state index in [1.165, 1.54) is 45.1 Å². The standard InChI is InChI=1S/C14H25NO/c1-12(16)6-4-10-15-11-5-9-14(15)13-7-2-3-8-13/h13-14H,2-11H2,1H3. The molecule has 1 aliphatic carbocycles. The van der Waals surface area contributed by atoms with Gasteiger partial charge in [0.15, 0.2) is 0 Å². The molecule has 1 saturated carbocycles. The van der Waals surface area contributed by atoms with Crippen LogP contribution < -0.4 is 0 Å². The normalized spacial score (nSPS) is 27.7. The molecule has 0 aromatic heterocycles. The van der Waals surface area contributed by atoms with Crippen LogP contribution in [0, 0.1) is 5.92 Å². The summed E-state index contributed by atoms with van der Waals surface area (Å²) in [5, 5.41) is 0. The van der Waals surface area contributed by atoms with Crippen molar-refractivity contribution < 1.29 is 4.79 Å². The Labute approximate surface area is 99.4 Å². The van der Waals surface area contributed by atoms with Crippen LogP contribution >= 0.6 is 0 Å². The average Bonchev–Trinajstić information content (AvgIpc) is 2.84. The first-order chi connectivity index (χ1) is 7.77. The fourth-order valence-electron chi connectivity index (χ4n) is 3.54. The largest absolute Gasteiger partial charge is 0.300 e. The summed E-state index contributed by atoms with van der Waals surface area (Å²) < 4.78 is 0. The van der Waals surface area contributed by atoms with Crippen molar-refractivity contribution in [1.82, 2.24) is 4.90 Å². The summed E-state index contributed by atoms with van der Waals surface area (Å²) >= 11 is 0. The van der Waals surface area contributed by atoms with Crippen LogP contribution in [0.25, 0.3) is 0 Å². The first kappa shape index (κ1) is 12.1. The highest BCUT2D eigenvalue weighted by Gasteiger charge is 2.32. The zero-order chi connectivity index (χ0) is 11.4. The fourth-order valence-corrected chi connectivity index (χ4v) is 3.54.